The molecule has 0 spiro atoms. The number of nitrogens with one attached hydrogen (secondary N) is 1. The topological polar surface area (TPSA) is 86.2 Å². The largest absolute Gasteiger partial charge is 0.490 e. The summed E-state index contributed by atoms with van der Waals surface area (Å²) < 4.78 is 16.8. The average molecular weight is 533 g/mol. The maximum atomic E-state index is 12.5. The number of benzene rings is 2. The van der Waals surface area contributed by atoms with Crippen LogP contribution in [-0.4, -0.2) is 36.9 Å². The van der Waals surface area contributed by atoms with Crippen LogP contribution in [0.2, 0.25) is 0 Å². The number of carbonyl (C=O) groups is 2. The Kier molecular flexibility index (Phi) is 8.96. The Morgan fingerprint density at radius 3 is 2.48 bits per heavy atom. The molecular weight excluding hydrogens is 508 g/mol. The van der Waals surface area contributed by atoms with E-state index in [4.69, 9.17) is 14.2 Å². The predicted octanol–water partition coefficient (Wildman–Crippen LogP) is 5.24. The first-order valence-electron chi connectivity index (χ1n) is 10.6. The first-order valence-corrected chi connectivity index (χ1v) is 12.2. The van der Waals surface area contributed by atoms with Gasteiger partial charge in [-0.05, 0) is 73.5 Å². The summed E-state index contributed by atoms with van der Waals surface area (Å²) in [7, 11) is 0. The zero-order chi connectivity index (χ0) is 23.8. The van der Waals surface area contributed by atoms with Crippen LogP contribution in [0, 0.1) is 0 Å². The van der Waals surface area contributed by atoms with Crippen LogP contribution < -0.4 is 14.8 Å². The minimum atomic E-state index is -0.461. The van der Waals surface area contributed by atoms with E-state index in [1.54, 1.807) is 25.1 Å². The lowest BCUT2D eigenvalue weighted by Crippen LogP contribution is -2.19. The SMILES string of the molecule is CCOC(=O)COc1cc(Br)c(/C=C2\SC(=Nc3ccc(CC)cc3)NC2=O)cc1OCC. The van der Waals surface area contributed by atoms with E-state index in [9.17, 15) is 9.59 Å². The first kappa shape index (κ1) is 24.9. The van der Waals surface area contributed by atoms with Crippen molar-refractivity contribution in [3.05, 3.63) is 56.9 Å². The molecule has 2 aromatic rings. The van der Waals surface area contributed by atoms with Gasteiger partial charge in [-0.15, -0.1) is 0 Å². The molecule has 0 unspecified atom stereocenters. The van der Waals surface area contributed by atoms with Crippen molar-refractivity contribution in [3.63, 3.8) is 0 Å². The number of hydrogen-bond acceptors (Lipinski definition) is 7. The third-order valence-electron chi connectivity index (χ3n) is 4.53. The third kappa shape index (κ3) is 6.85. The monoisotopic (exact) mass is 532 g/mol. The second-order valence-electron chi connectivity index (χ2n) is 6.85. The molecule has 0 atom stereocenters. The Balaban J connectivity index is 1.80. The van der Waals surface area contributed by atoms with Gasteiger partial charge in [0.1, 0.15) is 0 Å². The fourth-order valence-electron chi connectivity index (χ4n) is 2.93. The number of nitrogens with zero attached hydrogens (tertiary/aromatic N) is 1. The van der Waals surface area contributed by atoms with Gasteiger partial charge in [0.2, 0.25) is 0 Å². The Bertz CT molecular complexity index is 1080. The number of amides is 1. The number of ether oxygens (including phenoxy) is 3. The Labute approximate surface area is 205 Å². The van der Waals surface area contributed by atoms with Crippen LogP contribution in [0.3, 0.4) is 0 Å². The molecule has 1 aliphatic rings. The smallest absolute Gasteiger partial charge is 0.344 e. The van der Waals surface area contributed by atoms with Gasteiger partial charge in [0.25, 0.3) is 5.91 Å². The number of amidine groups is 1. The summed E-state index contributed by atoms with van der Waals surface area (Å²) in [5.74, 6) is 0.180. The van der Waals surface area contributed by atoms with Gasteiger partial charge in [0, 0.05) is 4.47 Å². The molecule has 0 aliphatic carbocycles. The Hall–Kier alpha value is -2.78. The van der Waals surface area contributed by atoms with Crippen LogP contribution in [0.25, 0.3) is 6.08 Å². The number of aryl methyl sites for hydroxylation is 1. The average Bonchev–Trinajstić information content (AvgIpc) is 3.14. The molecule has 2 aromatic carbocycles. The number of halogens is 1. The molecule has 0 saturated carbocycles. The normalized spacial score (nSPS) is 15.6. The molecule has 0 aromatic heterocycles. The molecular formula is C24H25BrN2O5S. The van der Waals surface area contributed by atoms with Crippen molar-refractivity contribution < 1.29 is 23.8 Å². The predicted molar refractivity (Wildman–Crippen MR) is 134 cm³/mol. The van der Waals surface area contributed by atoms with Gasteiger partial charge in [-0.25, -0.2) is 9.79 Å². The fourth-order valence-corrected chi connectivity index (χ4v) is 4.20. The molecule has 1 heterocycles. The standard InChI is InChI=1S/C24H25BrN2O5S/c1-4-15-7-9-17(10-8-15)26-24-27-23(29)21(33-24)12-16-11-19(30-5-2)20(13-18(16)25)32-14-22(28)31-6-3/h7-13H,4-6,14H2,1-3H3,(H,26,27,29)/b21-12-. The highest BCUT2D eigenvalue weighted by atomic mass is 79.9. The van der Waals surface area contributed by atoms with Crippen molar-refractivity contribution in [2.75, 3.05) is 19.8 Å². The van der Waals surface area contributed by atoms with Crippen molar-refractivity contribution in [1.82, 2.24) is 5.32 Å². The maximum absolute atomic E-state index is 12.5. The second kappa shape index (κ2) is 11.9. The molecule has 33 heavy (non-hydrogen) atoms. The van der Waals surface area contributed by atoms with Crippen LogP contribution in [-0.2, 0) is 20.7 Å². The van der Waals surface area contributed by atoms with E-state index in [1.165, 1.54) is 17.3 Å². The molecule has 1 amide bonds. The lowest BCUT2D eigenvalue weighted by atomic mass is 10.2. The number of aliphatic imine (C=N–C) groups is 1. The molecule has 0 radical (unpaired) electrons. The van der Waals surface area contributed by atoms with E-state index >= 15 is 0 Å². The molecule has 1 aliphatic heterocycles. The fraction of sp³-hybridized carbons (Fsp3) is 0.292. The molecule has 174 valence electrons. The van der Waals surface area contributed by atoms with Gasteiger partial charge in [-0.2, -0.15) is 0 Å². The van der Waals surface area contributed by atoms with E-state index in [-0.39, 0.29) is 19.1 Å². The molecule has 7 nitrogen and oxygen atoms in total. The van der Waals surface area contributed by atoms with Crippen LogP contribution in [0.15, 0.2) is 50.8 Å². The van der Waals surface area contributed by atoms with Gasteiger partial charge < -0.3 is 19.5 Å². The van der Waals surface area contributed by atoms with Gasteiger partial charge in [-0.1, -0.05) is 35.0 Å². The van der Waals surface area contributed by atoms with Crippen molar-refractivity contribution in [2.45, 2.75) is 27.2 Å². The molecule has 9 heteroatoms. The highest BCUT2D eigenvalue weighted by Gasteiger charge is 2.24. The zero-order valence-electron chi connectivity index (χ0n) is 18.6. The lowest BCUT2D eigenvalue weighted by Gasteiger charge is -2.13. The van der Waals surface area contributed by atoms with E-state index in [1.807, 2.05) is 31.2 Å². The van der Waals surface area contributed by atoms with Crippen molar-refractivity contribution in [1.29, 1.82) is 0 Å². The molecule has 1 saturated heterocycles. The summed E-state index contributed by atoms with van der Waals surface area (Å²) in [6, 6.07) is 11.4. The summed E-state index contributed by atoms with van der Waals surface area (Å²) in [6.07, 6.45) is 2.71. The maximum Gasteiger partial charge on any atom is 0.344 e. The number of esters is 1. The van der Waals surface area contributed by atoms with Crippen molar-refractivity contribution in [2.24, 2.45) is 4.99 Å². The quantitative estimate of drug-likeness (QED) is 0.351. The van der Waals surface area contributed by atoms with Crippen LogP contribution in [0.1, 0.15) is 31.9 Å². The van der Waals surface area contributed by atoms with Crippen LogP contribution in [0.4, 0.5) is 5.69 Å². The summed E-state index contributed by atoms with van der Waals surface area (Å²) in [5.41, 5.74) is 2.74. The molecule has 0 bridgehead atoms. The minimum Gasteiger partial charge on any atom is -0.490 e. The summed E-state index contributed by atoms with van der Waals surface area (Å²) in [5, 5.41) is 3.32. The van der Waals surface area contributed by atoms with Gasteiger partial charge in [0.05, 0.1) is 23.8 Å². The third-order valence-corrected chi connectivity index (χ3v) is 6.12. The molecule has 1 fully saturated rings. The van der Waals surface area contributed by atoms with E-state index in [0.717, 1.165) is 17.7 Å². The second-order valence-corrected chi connectivity index (χ2v) is 8.73. The van der Waals surface area contributed by atoms with Crippen LogP contribution >= 0.6 is 27.7 Å². The lowest BCUT2D eigenvalue weighted by molar-refractivity contribution is -0.145. The number of rotatable bonds is 9. The number of hydrogen-bond donors (Lipinski definition) is 1. The minimum absolute atomic E-state index is 0.224. The van der Waals surface area contributed by atoms with Crippen molar-refractivity contribution in [3.8, 4) is 11.5 Å². The zero-order valence-corrected chi connectivity index (χ0v) is 21.0. The van der Waals surface area contributed by atoms with Crippen LogP contribution in [0.5, 0.6) is 11.5 Å². The number of carbonyl (C=O) groups excluding carboxylic acids is 2. The summed E-state index contributed by atoms with van der Waals surface area (Å²) in [6.45, 7) is 6.16. The highest BCUT2D eigenvalue weighted by Crippen LogP contribution is 2.37. The van der Waals surface area contributed by atoms with E-state index < -0.39 is 5.97 Å². The molecule has 3 rings (SSSR count). The highest BCUT2D eigenvalue weighted by molar-refractivity contribution is 9.10. The first-order chi connectivity index (χ1) is 15.9. The van der Waals surface area contributed by atoms with E-state index in [0.29, 0.717) is 32.7 Å². The molecule has 1 N–H and O–H groups in total. The van der Waals surface area contributed by atoms with Crippen molar-refractivity contribution >= 4 is 56.5 Å². The Morgan fingerprint density at radius 1 is 1.09 bits per heavy atom. The van der Waals surface area contributed by atoms with Gasteiger partial charge in [0.15, 0.2) is 23.3 Å². The summed E-state index contributed by atoms with van der Waals surface area (Å²) >= 11 is 4.78. The van der Waals surface area contributed by atoms with Gasteiger partial charge >= 0.3 is 5.97 Å². The van der Waals surface area contributed by atoms with E-state index in [2.05, 4.69) is 33.2 Å². The number of thioether (sulfide) groups is 1. The van der Waals surface area contributed by atoms with Gasteiger partial charge in [-0.3, -0.25) is 4.79 Å². The Morgan fingerprint density at radius 2 is 1.82 bits per heavy atom. The summed E-state index contributed by atoms with van der Waals surface area (Å²) in [4.78, 5) is 29.2.